The zero-order chi connectivity index (χ0) is 17.5. The number of aromatic nitrogens is 1. The molecule has 24 heavy (non-hydrogen) atoms. The normalized spacial score (nSPS) is 12.4. The molecular formula is C19H20FN3O. The van der Waals surface area contributed by atoms with E-state index in [0.29, 0.717) is 5.57 Å². The molecule has 1 aromatic carbocycles. The maximum Gasteiger partial charge on any atom is 0.244 e. The van der Waals surface area contributed by atoms with Gasteiger partial charge in [0.15, 0.2) is 0 Å². The lowest BCUT2D eigenvalue weighted by Crippen LogP contribution is -2.16. The molecule has 1 aromatic heterocycles. The van der Waals surface area contributed by atoms with Gasteiger partial charge in [0.05, 0.1) is 0 Å². The van der Waals surface area contributed by atoms with E-state index in [1.165, 1.54) is 18.2 Å². The Kier molecular flexibility index (Phi) is 5.84. The van der Waals surface area contributed by atoms with Crippen LogP contribution >= 0.6 is 0 Å². The maximum absolute atomic E-state index is 13.3. The number of allylic oxidation sites excluding steroid dienone is 3. The second-order valence-electron chi connectivity index (χ2n) is 5.17. The van der Waals surface area contributed by atoms with Gasteiger partial charge in [0.2, 0.25) is 5.91 Å². The molecule has 2 N–H and O–H groups in total. The second-order valence-corrected chi connectivity index (χ2v) is 5.17. The van der Waals surface area contributed by atoms with Crippen LogP contribution in [-0.2, 0) is 4.79 Å². The highest BCUT2D eigenvalue weighted by Gasteiger charge is 2.15. The number of rotatable bonds is 5. The van der Waals surface area contributed by atoms with Gasteiger partial charge in [-0.2, -0.15) is 0 Å². The van der Waals surface area contributed by atoms with Gasteiger partial charge in [0.25, 0.3) is 0 Å². The monoisotopic (exact) mass is 325 g/mol. The zero-order valence-electron chi connectivity index (χ0n) is 13.9. The summed E-state index contributed by atoms with van der Waals surface area (Å²) in [5.41, 5.74) is 4.11. The van der Waals surface area contributed by atoms with Crippen molar-refractivity contribution in [1.82, 2.24) is 15.6 Å². The van der Waals surface area contributed by atoms with Crippen molar-refractivity contribution in [2.75, 3.05) is 14.1 Å². The third-order valence-electron chi connectivity index (χ3n) is 3.67. The molecule has 0 saturated carbocycles. The van der Waals surface area contributed by atoms with Crippen LogP contribution in [-0.4, -0.2) is 25.0 Å². The summed E-state index contributed by atoms with van der Waals surface area (Å²) >= 11 is 0. The average Bonchev–Trinajstić information content (AvgIpc) is 2.62. The van der Waals surface area contributed by atoms with Gasteiger partial charge in [-0.25, -0.2) is 4.39 Å². The number of likely N-dealkylation sites (N-methyl/N-ethyl adjacent to an activating group) is 1. The smallest absolute Gasteiger partial charge is 0.244 e. The number of benzene rings is 1. The van der Waals surface area contributed by atoms with Crippen molar-refractivity contribution in [2.45, 2.75) is 6.92 Å². The van der Waals surface area contributed by atoms with Gasteiger partial charge in [-0.05, 0) is 47.9 Å². The predicted molar refractivity (Wildman–Crippen MR) is 94.3 cm³/mol. The molecule has 2 aromatic rings. The Morgan fingerprint density at radius 2 is 1.62 bits per heavy atom. The summed E-state index contributed by atoms with van der Waals surface area (Å²) < 4.78 is 13.3. The quantitative estimate of drug-likeness (QED) is 0.656. The summed E-state index contributed by atoms with van der Waals surface area (Å²) in [5.74, 6) is -0.553. The number of hydrogen-bond donors (Lipinski definition) is 2. The van der Waals surface area contributed by atoms with Crippen LogP contribution in [0.1, 0.15) is 18.1 Å². The van der Waals surface area contributed by atoms with Crippen LogP contribution < -0.4 is 10.6 Å². The fraction of sp³-hybridized carbons (Fsp3) is 0.158. The topological polar surface area (TPSA) is 54.0 Å². The first kappa shape index (κ1) is 17.4. The third-order valence-corrected chi connectivity index (χ3v) is 3.67. The van der Waals surface area contributed by atoms with E-state index in [1.807, 2.05) is 26.1 Å². The first-order valence-corrected chi connectivity index (χ1v) is 7.55. The standard InChI is InChI=1S/C19H20FN3O/c1-13(21-2)19(15-8-10-23-11-9-15)17(12-18(24)22-3)14-4-6-16(20)7-5-14/h4-12,21H,1-3H3,(H,22,24)/b17-12+,19-13-. The van der Waals surface area contributed by atoms with E-state index in [4.69, 9.17) is 0 Å². The van der Waals surface area contributed by atoms with E-state index >= 15 is 0 Å². The molecule has 0 unspecified atom stereocenters. The van der Waals surface area contributed by atoms with E-state index in [1.54, 1.807) is 31.6 Å². The molecule has 0 spiro atoms. The molecule has 0 saturated heterocycles. The number of amides is 1. The number of hydrogen-bond acceptors (Lipinski definition) is 3. The highest BCUT2D eigenvalue weighted by Crippen LogP contribution is 2.33. The Balaban J connectivity index is 2.69. The van der Waals surface area contributed by atoms with Crippen molar-refractivity contribution in [2.24, 2.45) is 0 Å². The molecule has 0 radical (unpaired) electrons. The molecule has 5 heteroatoms. The van der Waals surface area contributed by atoms with E-state index < -0.39 is 0 Å². The summed E-state index contributed by atoms with van der Waals surface area (Å²) in [6.07, 6.45) is 4.91. The SMILES string of the molecule is CNC(=O)/C=C(/C(=C(/C)NC)c1ccncc1)c1ccc(F)cc1. The number of nitrogens with one attached hydrogen (secondary N) is 2. The fourth-order valence-electron chi connectivity index (χ4n) is 2.35. The Labute approximate surface area is 141 Å². The first-order valence-electron chi connectivity index (χ1n) is 7.55. The van der Waals surface area contributed by atoms with Gasteiger partial charge in [-0.3, -0.25) is 9.78 Å². The van der Waals surface area contributed by atoms with Crippen molar-refractivity contribution in [3.05, 3.63) is 77.5 Å². The van der Waals surface area contributed by atoms with Crippen LogP contribution in [0.25, 0.3) is 11.1 Å². The summed E-state index contributed by atoms with van der Waals surface area (Å²) in [6, 6.07) is 9.83. The lowest BCUT2D eigenvalue weighted by atomic mass is 9.91. The average molecular weight is 325 g/mol. The van der Waals surface area contributed by atoms with E-state index in [2.05, 4.69) is 15.6 Å². The molecule has 2 rings (SSSR count). The van der Waals surface area contributed by atoms with Gasteiger partial charge in [0, 0.05) is 43.8 Å². The first-order chi connectivity index (χ1) is 11.6. The van der Waals surface area contributed by atoms with Crippen molar-refractivity contribution >= 4 is 17.1 Å². The third kappa shape index (κ3) is 4.07. The summed E-state index contributed by atoms with van der Waals surface area (Å²) in [7, 11) is 3.39. The Hall–Kier alpha value is -2.95. The van der Waals surface area contributed by atoms with E-state index in [9.17, 15) is 9.18 Å². The molecule has 0 bridgehead atoms. The number of halogens is 1. The fourth-order valence-corrected chi connectivity index (χ4v) is 2.35. The van der Waals surface area contributed by atoms with E-state index in [0.717, 1.165) is 22.4 Å². The van der Waals surface area contributed by atoms with Gasteiger partial charge >= 0.3 is 0 Å². The van der Waals surface area contributed by atoms with Crippen molar-refractivity contribution < 1.29 is 9.18 Å². The van der Waals surface area contributed by atoms with Gasteiger partial charge in [-0.1, -0.05) is 12.1 Å². The molecule has 0 atom stereocenters. The predicted octanol–water partition coefficient (Wildman–Crippen LogP) is 3.00. The van der Waals surface area contributed by atoms with Crippen LogP contribution in [0.4, 0.5) is 4.39 Å². The van der Waals surface area contributed by atoms with Gasteiger partial charge < -0.3 is 10.6 Å². The Bertz CT molecular complexity index is 765. The molecule has 0 aliphatic carbocycles. The lowest BCUT2D eigenvalue weighted by molar-refractivity contribution is -0.116. The number of carbonyl (C=O) groups excluding carboxylic acids is 1. The van der Waals surface area contributed by atoms with Gasteiger partial charge in [0.1, 0.15) is 5.82 Å². The molecule has 1 heterocycles. The molecular weight excluding hydrogens is 305 g/mol. The molecule has 0 aliphatic rings. The highest BCUT2D eigenvalue weighted by molar-refractivity contribution is 6.12. The maximum atomic E-state index is 13.3. The number of carbonyl (C=O) groups is 1. The number of pyridine rings is 1. The van der Waals surface area contributed by atoms with Crippen LogP contribution in [0.15, 0.2) is 60.6 Å². The van der Waals surface area contributed by atoms with E-state index in [-0.39, 0.29) is 11.7 Å². The summed E-state index contributed by atoms with van der Waals surface area (Å²) in [4.78, 5) is 16.0. The van der Waals surface area contributed by atoms with Crippen LogP contribution in [0.2, 0.25) is 0 Å². The lowest BCUT2D eigenvalue weighted by Gasteiger charge is -2.17. The highest BCUT2D eigenvalue weighted by atomic mass is 19.1. The second kappa shape index (κ2) is 8.06. The number of nitrogens with zero attached hydrogens (tertiary/aromatic N) is 1. The Morgan fingerprint density at radius 3 is 2.17 bits per heavy atom. The van der Waals surface area contributed by atoms with Crippen LogP contribution in [0.3, 0.4) is 0 Å². The summed E-state index contributed by atoms with van der Waals surface area (Å²) in [5, 5.41) is 5.72. The van der Waals surface area contributed by atoms with Crippen LogP contribution in [0, 0.1) is 5.82 Å². The molecule has 4 nitrogen and oxygen atoms in total. The largest absolute Gasteiger partial charge is 0.391 e. The summed E-state index contributed by atoms with van der Waals surface area (Å²) in [6.45, 7) is 1.93. The van der Waals surface area contributed by atoms with Gasteiger partial charge in [-0.15, -0.1) is 0 Å². The van der Waals surface area contributed by atoms with Crippen LogP contribution in [0.5, 0.6) is 0 Å². The molecule has 0 fully saturated rings. The van der Waals surface area contributed by atoms with Crippen molar-refractivity contribution in [3.63, 3.8) is 0 Å². The minimum Gasteiger partial charge on any atom is -0.391 e. The minimum absolute atomic E-state index is 0.232. The molecule has 1 amide bonds. The zero-order valence-corrected chi connectivity index (χ0v) is 13.9. The Morgan fingerprint density at radius 1 is 1.00 bits per heavy atom. The van der Waals surface area contributed by atoms with Crippen molar-refractivity contribution in [3.8, 4) is 0 Å². The minimum atomic E-state index is -0.321. The van der Waals surface area contributed by atoms with Crippen molar-refractivity contribution in [1.29, 1.82) is 0 Å². The molecule has 0 aliphatic heterocycles. The molecule has 124 valence electrons.